The third kappa shape index (κ3) is 4.01. The highest BCUT2D eigenvalue weighted by Gasteiger charge is 2.15. The third-order valence-corrected chi connectivity index (χ3v) is 6.23. The van der Waals surface area contributed by atoms with Gasteiger partial charge in [-0.25, -0.2) is 13.4 Å². The van der Waals surface area contributed by atoms with Crippen LogP contribution in [0.25, 0.3) is 22.4 Å². The molecule has 0 atom stereocenters. The average Bonchev–Trinajstić information content (AvgIpc) is 3.13. The van der Waals surface area contributed by atoms with Crippen LogP contribution in [0.2, 0.25) is 0 Å². The van der Waals surface area contributed by atoms with Gasteiger partial charge in [-0.2, -0.15) is 0 Å². The second kappa shape index (κ2) is 7.34. The number of anilines is 1. The number of nitrogens with two attached hydrogens (primary N) is 1. The van der Waals surface area contributed by atoms with Crippen molar-refractivity contribution in [1.29, 1.82) is 0 Å². The fourth-order valence-electron chi connectivity index (χ4n) is 2.82. The van der Waals surface area contributed by atoms with E-state index < -0.39 is 15.9 Å². The van der Waals surface area contributed by atoms with Gasteiger partial charge < -0.3 is 10.7 Å². The Morgan fingerprint density at radius 2 is 1.69 bits per heavy atom. The Morgan fingerprint density at radius 3 is 2.34 bits per heavy atom. The summed E-state index contributed by atoms with van der Waals surface area (Å²) in [5.74, 6) is 0.0377. The van der Waals surface area contributed by atoms with Gasteiger partial charge in [-0.3, -0.25) is 9.52 Å². The monoisotopic (exact) mass is 470 g/mol. The molecule has 0 fully saturated rings. The first-order valence-corrected chi connectivity index (χ1v) is 10.8. The Balaban J connectivity index is 1.61. The van der Waals surface area contributed by atoms with E-state index in [1.807, 2.05) is 0 Å². The molecule has 0 aliphatic rings. The van der Waals surface area contributed by atoms with Gasteiger partial charge >= 0.3 is 0 Å². The van der Waals surface area contributed by atoms with Crippen LogP contribution in [0.15, 0.2) is 76.1 Å². The van der Waals surface area contributed by atoms with Gasteiger partial charge in [-0.05, 0) is 66.7 Å². The van der Waals surface area contributed by atoms with E-state index in [9.17, 15) is 13.2 Å². The van der Waals surface area contributed by atoms with Crippen molar-refractivity contribution < 1.29 is 13.2 Å². The van der Waals surface area contributed by atoms with E-state index in [4.69, 9.17) is 5.73 Å². The number of H-pyrrole nitrogens is 1. The van der Waals surface area contributed by atoms with Crippen molar-refractivity contribution in [2.75, 3.05) is 4.72 Å². The number of aromatic amines is 1. The number of amides is 1. The maximum Gasteiger partial charge on any atom is 0.261 e. The molecule has 0 aliphatic heterocycles. The number of carbonyl (C=O) groups excluding carboxylic acids is 1. The predicted octanol–water partition coefficient (Wildman–Crippen LogP) is 3.89. The van der Waals surface area contributed by atoms with Gasteiger partial charge in [0.25, 0.3) is 10.0 Å². The molecule has 146 valence electrons. The lowest BCUT2D eigenvalue weighted by Gasteiger charge is -2.08. The Hall–Kier alpha value is -3.17. The number of fused-ring (bicyclic) bond motifs is 1. The van der Waals surface area contributed by atoms with E-state index in [-0.39, 0.29) is 4.90 Å². The van der Waals surface area contributed by atoms with E-state index in [0.29, 0.717) is 28.2 Å². The Bertz CT molecular complexity index is 1310. The second-order valence-corrected chi connectivity index (χ2v) is 8.92. The number of halogens is 1. The van der Waals surface area contributed by atoms with E-state index in [1.54, 1.807) is 54.6 Å². The minimum Gasteiger partial charge on any atom is -0.366 e. The van der Waals surface area contributed by atoms with Gasteiger partial charge in [0.2, 0.25) is 5.91 Å². The predicted molar refractivity (Wildman–Crippen MR) is 115 cm³/mol. The number of primary amides is 1. The number of nitrogens with zero attached hydrogens (tertiary/aromatic N) is 1. The van der Waals surface area contributed by atoms with Crippen LogP contribution < -0.4 is 10.5 Å². The van der Waals surface area contributed by atoms with Gasteiger partial charge in [0, 0.05) is 21.3 Å². The van der Waals surface area contributed by atoms with Crippen molar-refractivity contribution in [2.45, 2.75) is 4.90 Å². The number of hydrogen-bond donors (Lipinski definition) is 3. The smallest absolute Gasteiger partial charge is 0.261 e. The van der Waals surface area contributed by atoms with E-state index in [0.717, 1.165) is 9.99 Å². The summed E-state index contributed by atoms with van der Waals surface area (Å²) in [4.78, 5) is 19.1. The van der Waals surface area contributed by atoms with E-state index >= 15 is 0 Å². The molecule has 4 aromatic rings. The van der Waals surface area contributed by atoms with Gasteiger partial charge in [0.1, 0.15) is 5.82 Å². The Labute approximate surface area is 175 Å². The lowest BCUT2D eigenvalue weighted by atomic mass is 10.2. The Kier molecular flexibility index (Phi) is 4.85. The second-order valence-electron chi connectivity index (χ2n) is 6.32. The van der Waals surface area contributed by atoms with Gasteiger partial charge in [-0.1, -0.05) is 15.9 Å². The number of carbonyl (C=O) groups is 1. The van der Waals surface area contributed by atoms with Crippen molar-refractivity contribution in [1.82, 2.24) is 9.97 Å². The summed E-state index contributed by atoms with van der Waals surface area (Å²) in [6.45, 7) is 0. The van der Waals surface area contributed by atoms with Crippen molar-refractivity contribution in [3.05, 3.63) is 76.8 Å². The first kappa shape index (κ1) is 19.2. The zero-order valence-electron chi connectivity index (χ0n) is 14.9. The standard InChI is InChI=1S/C20H15BrN4O3S/c21-14-4-6-15(7-5-14)25-29(27,28)16-8-1-12(2-9-16)20-23-17-10-3-13(19(22)26)11-18(17)24-20/h1-11,25H,(H2,22,26)(H,23,24). The van der Waals surface area contributed by atoms with Crippen molar-refractivity contribution in [2.24, 2.45) is 5.73 Å². The number of rotatable bonds is 5. The highest BCUT2D eigenvalue weighted by molar-refractivity contribution is 9.10. The zero-order chi connectivity index (χ0) is 20.6. The fraction of sp³-hybridized carbons (Fsp3) is 0. The number of imidazole rings is 1. The van der Waals surface area contributed by atoms with Crippen LogP contribution in [-0.2, 0) is 10.0 Å². The average molecular weight is 471 g/mol. The SMILES string of the molecule is NC(=O)c1ccc2[nH]c(-c3ccc(S(=O)(=O)Nc4ccc(Br)cc4)cc3)nc2c1. The van der Waals surface area contributed by atoms with Crippen LogP contribution in [0.5, 0.6) is 0 Å². The van der Waals surface area contributed by atoms with Gasteiger partial charge in [-0.15, -0.1) is 0 Å². The summed E-state index contributed by atoms with van der Waals surface area (Å²) in [5, 5.41) is 0. The summed E-state index contributed by atoms with van der Waals surface area (Å²) >= 11 is 3.31. The summed E-state index contributed by atoms with van der Waals surface area (Å²) in [6.07, 6.45) is 0. The van der Waals surface area contributed by atoms with Crippen LogP contribution in [0.3, 0.4) is 0 Å². The number of aromatic nitrogens is 2. The molecule has 4 rings (SSSR count). The normalized spacial score (nSPS) is 11.5. The number of hydrogen-bond acceptors (Lipinski definition) is 4. The molecular formula is C20H15BrN4O3S. The summed E-state index contributed by atoms with van der Waals surface area (Å²) in [5.41, 5.74) is 8.21. The topological polar surface area (TPSA) is 118 Å². The van der Waals surface area contributed by atoms with Crippen LogP contribution in [-0.4, -0.2) is 24.3 Å². The molecule has 0 saturated heterocycles. The molecule has 3 aromatic carbocycles. The molecule has 1 heterocycles. The first-order valence-electron chi connectivity index (χ1n) is 8.50. The number of nitrogens with one attached hydrogen (secondary N) is 2. The molecule has 0 aliphatic carbocycles. The number of sulfonamides is 1. The van der Waals surface area contributed by atoms with Gasteiger partial charge in [0.15, 0.2) is 0 Å². The molecule has 0 bridgehead atoms. The summed E-state index contributed by atoms with van der Waals surface area (Å²) in [6, 6.07) is 18.2. The molecule has 0 unspecified atom stereocenters. The largest absolute Gasteiger partial charge is 0.366 e. The summed E-state index contributed by atoms with van der Waals surface area (Å²) < 4.78 is 28.6. The highest BCUT2D eigenvalue weighted by Crippen LogP contribution is 2.24. The molecule has 4 N–H and O–H groups in total. The van der Waals surface area contributed by atoms with Crippen LogP contribution in [0.4, 0.5) is 5.69 Å². The quantitative estimate of drug-likeness (QED) is 0.409. The molecular weight excluding hydrogens is 456 g/mol. The van der Waals surface area contributed by atoms with Crippen LogP contribution in [0.1, 0.15) is 10.4 Å². The van der Waals surface area contributed by atoms with Crippen molar-refractivity contribution in [3.8, 4) is 11.4 Å². The summed E-state index contributed by atoms with van der Waals surface area (Å²) in [7, 11) is -3.71. The molecule has 9 heteroatoms. The maximum absolute atomic E-state index is 12.6. The van der Waals surface area contributed by atoms with Crippen LogP contribution >= 0.6 is 15.9 Å². The number of benzene rings is 3. The van der Waals surface area contributed by atoms with E-state index in [1.165, 1.54) is 12.1 Å². The minimum atomic E-state index is -3.71. The molecule has 1 amide bonds. The molecule has 0 saturated carbocycles. The molecule has 1 aromatic heterocycles. The lowest BCUT2D eigenvalue weighted by Crippen LogP contribution is -2.12. The molecule has 29 heavy (non-hydrogen) atoms. The van der Waals surface area contributed by atoms with E-state index in [2.05, 4.69) is 30.6 Å². The Morgan fingerprint density at radius 1 is 1.00 bits per heavy atom. The van der Waals surface area contributed by atoms with Gasteiger partial charge in [0.05, 0.1) is 15.9 Å². The van der Waals surface area contributed by atoms with Crippen LogP contribution in [0, 0.1) is 0 Å². The highest BCUT2D eigenvalue weighted by atomic mass is 79.9. The zero-order valence-corrected chi connectivity index (χ0v) is 17.3. The minimum absolute atomic E-state index is 0.135. The maximum atomic E-state index is 12.6. The molecule has 7 nitrogen and oxygen atoms in total. The van der Waals surface area contributed by atoms with Crippen molar-refractivity contribution >= 4 is 48.6 Å². The first-order chi connectivity index (χ1) is 13.8. The third-order valence-electron chi connectivity index (χ3n) is 4.30. The molecule has 0 radical (unpaired) electrons. The molecule has 0 spiro atoms. The van der Waals surface area contributed by atoms with Crippen molar-refractivity contribution in [3.63, 3.8) is 0 Å². The lowest BCUT2D eigenvalue weighted by molar-refractivity contribution is 0.100. The fourth-order valence-corrected chi connectivity index (χ4v) is 4.14.